The number of hydrogen-bond acceptors (Lipinski definition) is 7. The standard InChI is InChI=1S/C20H27N5O4S/c1-3-5-9-21-20(27)25(10-4-2)11-8-17(26)22-19-24-23-18(30-19)14-6-7-15-16(12-14)29-13-28-15/h6-7,12H,3-5,8-11,13H2,1-2H3,(H,21,27)(H,22,24,26). The van der Waals surface area contributed by atoms with Crippen LogP contribution >= 0.6 is 11.3 Å². The van der Waals surface area contributed by atoms with E-state index in [0.717, 1.165) is 24.8 Å². The molecule has 0 spiro atoms. The average Bonchev–Trinajstić information content (AvgIpc) is 3.39. The average molecular weight is 434 g/mol. The fraction of sp³-hybridized carbons (Fsp3) is 0.500. The van der Waals surface area contributed by atoms with E-state index in [1.807, 2.05) is 25.1 Å². The highest BCUT2D eigenvalue weighted by atomic mass is 32.1. The highest BCUT2D eigenvalue weighted by Crippen LogP contribution is 2.37. The van der Waals surface area contributed by atoms with Gasteiger partial charge in [0.15, 0.2) is 11.5 Å². The third kappa shape index (κ3) is 5.82. The van der Waals surface area contributed by atoms with E-state index in [4.69, 9.17) is 9.47 Å². The van der Waals surface area contributed by atoms with Gasteiger partial charge >= 0.3 is 6.03 Å². The molecule has 2 N–H and O–H groups in total. The smallest absolute Gasteiger partial charge is 0.317 e. The molecule has 162 valence electrons. The quantitative estimate of drug-likeness (QED) is 0.556. The van der Waals surface area contributed by atoms with Gasteiger partial charge in [-0.15, -0.1) is 10.2 Å². The van der Waals surface area contributed by atoms with Gasteiger partial charge in [0.1, 0.15) is 5.01 Å². The second-order valence-corrected chi connectivity index (χ2v) is 7.83. The van der Waals surface area contributed by atoms with Crippen LogP contribution in [0.4, 0.5) is 9.93 Å². The molecule has 9 nitrogen and oxygen atoms in total. The molecule has 0 atom stereocenters. The van der Waals surface area contributed by atoms with E-state index in [9.17, 15) is 9.59 Å². The Labute approximate surface area is 179 Å². The molecule has 2 aromatic rings. The van der Waals surface area contributed by atoms with Gasteiger partial charge in [-0.1, -0.05) is 31.6 Å². The fourth-order valence-corrected chi connectivity index (χ4v) is 3.66. The number of urea groups is 1. The largest absolute Gasteiger partial charge is 0.454 e. The second kappa shape index (κ2) is 10.8. The summed E-state index contributed by atoms with van der Waals surface area (Å²) in [5.41, 5.74) is 0.843. The Bertz CT molecular complexity index is 873. The number of ether oxygens (including phenoxy) is 2. The van der Waals surface area contributed by atoms with Gasteiger partial charge in [0.25, 0.3) is 0 Å². The van der Waals surface area contributed by atoms with E-state index in [-0.39, 0.29) is 25.2 Å². The summed E-state index contributed by atoms with van der Waals surface area (Å²) in [5, 5.41) is 14.9. The number of hydrogen-bond donors (Lipinski definition) is 2. The summed E-state index contributed by atoms with van der Waals surface area (Å²) in [4.78, 5) is 26.3. The summed E-state index contributed by atoms with van der Waals surface area (Å²) in [7, 11) is 0. The first-order valence-corrected chi connectivity index (χ1v) is 11.0. The third-order valence-electron chi connectivity index (χ3n) is 4.49. The molecule has 1 aliphatic rings. The molecule has 2 heterocycles. The fourth-order valence-electron chi connectivity index (χ4n) is 2.91. The van der Waals surface area contributed by atoms with Crippen molar-refractivity contribution in [1.82, 2.24) is 20.4 Å². The SMILES string of the molecule is CCCCNC(=O)N(CCC)CCC(=O)Nc1nnc(-c2ccc3c(c2)OCO3)s1. The zero-order chi connectivity index (χ0) is 21.3. The number of nitrogens with one attached hydrogen (secondary N) is 2. The molecule has 3 amide bonds. The molecule has 0 saturated carbocycles. The van der Waals surface area contributed by atoms with Crippen LogP contribution < -0.4 is 20.1 Å². The van der Waals surface area contributed by atoms with Gasteiger partial charge < -0.3 is 25.0 Å². The van der Waals surface area contributed by atoms with Crippen molar-refractivity contribution in [3.63, 3.8) is 0 Å². The summed E-state index contributed by atoms with van der Waals surface area (Å²) in [5.74, 6) is 1.17. The molecule has 0 bridgehead atoms. The molecule has 0 saturated heterocycles. The number of carbonyl (C=O) groups is 2. The summed E-state index contributed by atoms with van der Waals surface area (Å²) < 4.78 is 10.7. The lowest BCUT2D eigenvalue weighted by molar-refractivity contribution is -0.116. The normalized spacial score (nSPS) is 11.9. The van der Waals surface area contributed by atoms with Gasteiger partial charge in [0.05, 0.1) is 0 Å². The number of carbonyl (C=O) groups excluding carboxylic acids is 2. The van der Waals surface area contributed by atoms with E-state index >= 15 is 0 Å². The highest BCUT2D eigenvalue weighted by Gasteiger charge is 2.17. The second-order valence-electron chi connectivity index (χ2n) is 6.85. The molecule has 0 unspecified atom stereocenters. The molecule has 1 aromatic carbocycles. The van der Waals surface area contributed by atoms with E-state index in [2.05, 4.69) is 27.8 Å². The predicted octanol–water partition coefficient (Wildman–Crippen LogP) is 3.48. The van der Waals surface area contributed by atoms with Gasteiger partial charge in [-0.3, -0.25) is 4.79 Å². The van der Waals surface area contributed by atoms with Crippen molar-refractivity contribution in [2.75, 3.05) is 31.7 Å². The van der Waals surface area contributed by atoms with E-state index in [1.54, 1.807) is 4.90 Å². The topological polar surface area (TPSA) is 106 Å². The Morgan fingerprint density at radius 1 is 1.13 bits per heavy atom. The van der Waals surface area contributed by atoms with Gasteiger partial charge in [-0.25, -0.2) is 4.79 Å². The molecule has 1 aromatic heterocycles. The molecular formula is C20H27N5O4S. The number of benzene rings is 1. The number of amides is 3. The molecule has 0 radical (unpaired) electrons. The van der Waals surface area contributed by atoms with Gasteiger partial charge in [-0.05, 0) is 31.0 Å². The van der Waals surface area contributed by atoms with Crippen LogP contribution in [0.3, 0.4) is 0 Å². The Hall–Kier alpha value is -2.88. The van der Waals surface area contributed by atoms with Crippen molar-refractivity contribution in [2.45, 2.75) is 39.5 Å². The van der Waals surface area contributed by atoms with Crippen LogP contribution in [0.2, 0.25) is 0 Å². The van der Waals surface area contributed by atoms with E-state index < -0.39 is 0 Å². The van der Waals surface area contributed by atoms with Crippen LogP contribution in [0.1, 0.15) is 39.5 Å². The van der Waals surface area contributed by atoms with Gasteiger partial charge in [0, 0.05) is 31.6 Å². The van der Waals surface area contributed by atoms with Crippen molar-refractivity contribution < 1.29 is 19.1 Å². The van der Waals surface area contributed by atoms with E-state index in [1.165, 1.54) is 11.3 Å². The third-order valence-corrected chi connectivity index (χ3v) is 5.37. The summed E-state index contributed by atoms with van der Waals surface area (Å²) in [6.07, 6.45) is 2.99. The monoisotopic (exact) mass is 433 g/mol. The first kappa shape index (κ1) is 21.8. The Kier molecular flexibility index (Phi) is 7.83. The summed E-state index contributed by atoms with van der Waals surface area (Å²) >= 11 is 1.28. The van der Waals surface area contributed by atoms with Gasteiger partial charge in [-0.2, -0.15) is 0 Å². The van der Waals surface area contributed by atoms with Crippen molar-refractivity contribution >= 4 is 28.4 Å². The number of anilines is 1. The zero-order valence-electron chi connectivity index (χ0n) is 17.3. The van der Waals surface area contributed by atoms with E-state index in [0.29, 0.717) is 41.3 Å². The molecule has 10 heteroatoms. The van der Waals surface area contributed by atoms with Gasteiger partial charge in [0.2, 0.25) is 17.8 Å². The van der Waals surface area contributed by atoms with Crippen molar-refractivity contribution in [1.29, 1.82) is 0 Å². The molecule has 0 aliphatic carbocycles. The lowest BCUT2D eigenvalue weighted by Gasteiger charge is -2.22. The van der Waals surface area contributed by atoms with Crippen molar-refractivity contribution in [3.05, 3.63) is 18.2 Å². The minimum absolute atomic E-state index is 0.126. The zero-order valence-corrected chi connectivity index (χ0v) is 18.1. The first-order valence-electron chi connectivity index (χ1n) is 10.2. The van der Waals surface area contributed by atoms with Crippen LogP contribution in [0.25, 0.3) is 10.6 Å². The Balaban J connectivity index is 1.51. The summed E-state index contributed by atoms with van der Waals surface area (Å²) in [6, 6.07) is 5.41. The summed E-state index contributed by atoms with van der Waals surface area (Å²) in [6.45, 7) is 5.90. The molecule has 3 rings (SSSR count). The Morgan fingerprint density at radius 2 is 1.97 bits per heavy atom. The maximum atomic E-state index is 12.3. The van der Waals surface area contributed by atoms with Crippen LogP contribution in [0.5, 0.6) is 11.5 Å². The maximum absolute atomic E-state index is 12.3. The van der Waals surface area contributed by atoms with Crippen LogP contribution in [-0.4, -0.2) is 53.5 Å². The van der Waals surface area contributed by atoms with Crippen LogP contribution in [0.15, 0.2) is 18.2 Å². The number of nitrogens with zero attached hydrogens (tertiary/aromatic N) is 3. The lowest BCUT2D eigenvalue weighted by Crippen LogP contribution is -2.42. The first-order chi connectivity index (χ1) is 14.6. The Morgan fingerprint density at radius 3 is 2.77 bits per heavy atom. The predicted molar refractivity (Wildman–Crippen MR) is 115 cm³/mol. The lowest BCUT2D eigenvalue weighted by atomic mass is 10.2. The van der Waals surface area contributed by atoms with Crippen LogP contribution in [0, 0.1) is 0 Å². The number of rotatable bonds is 10. The molecule has 0 fully saturated rings. The number of unbranched alkanes of at least 4 members (excludes halogenated alkanes) is 1. The van der Waals surface area contributed by atoms with Crippen LogP contribution in [-0.2, 0) is 4.79 Å². The molecule has 30 heavy (non-hydrogen) atoms. The number of aromatic nitrogens is 2. The highest BCUT2D eigenvalue weighted by molar-refractivity contribution is 7.18. The van der Waals surface area contributed by atoms with Crippen molar-refractivity contribution in [3.8, 4) is 22.1 Å². The minimum Gasteiger partial charge on any atom is -0.454 e. The van der Waals surface area contributed by atoms with Crippen molar-refractivity contribution in [2.24, 2.45) is 0 Å². The molecular weight excluding hydrogens is 406 g/mol. The maximum Gasteiger partial charge on any atom is 0.317 e. The molecule has 1 aliphatic heterocycles. The number of fused-ring (bicyclic) bond motifs is 1. The minimum atomic E-state index is -0.203.